The van der Waals surface area contributed by atoms with Crippen LogP contribution in [0.1, 0.15) is 23.9 Å². The molecule has 17 heavy (non-hydrogen) atoms. The smallest absolute Gasteiger partial charge is 0.164 e. The molecule has 3 nitrogen and oxygen atoms in total. The predicted molar refractivity (Wildman–Crippen MR) is 70.2 cm³/mol. The number of aryl methyl sites for hydroxylation is 2. The Labute approximate surface area is 106 Å². The fraction of sp³-hybridized carbons (Fsp3) is 0.385. The number of alkyl halides is 1. The standard InChI is InChI=1S/C13H16ClN3/c1-4-17-11(8-14)15-16-13(17)12-9(2)6-5-7-10(12)3/h5-7H,4,8H2,1-3H3. The van der Waals surface area contributed by atoms with Gasteiger partial charge in [0, 0.05) is 12.1 Å². The summed E-state index contributed by atoms with van der Waals surface area (Å²) in [5, 5.41) is 8.42. The Bertz CT molecular complexity index is 511. The molecule has 0 N–H and O–H groups in total. The van der Waals surface area contributed by atoms with Crippen LogP contribution in [-0.4, -0.2) is 14.8 Å². The highest BCUT2D eigenvalue weighted by Crippen LogP contribution is 2.26. The van der Waals surface area contributed by atoms with Crippen molar-refractivity contribution in [3.8, 4) is 11.4 Å². The topological polar surface area (TPSA) is 30.7 Å². The Morgan fingerprint density at radius 2 is 1.82 bits per heavy atom. The zero-order chi connectivity index (χ0) is 12.4. The average molecular weight is 250 g/mol. The van der Waals surface area contributed by atoms with Crippen LogP contribution in [0.5, 0.6) is 0 Å². The van der Waals surface area contributed by atoms with Crippen LogP contribution in [0.25, 0.3) is 11.4 Å². The Morgan fingerprint density at radius 3 is 2.35 bits per heavy atom. The molecule has 0 radical (unpaired) electrons. The van der Waals surface area contributed by atoms with Gasteiger partial charge in [0.25, 0.3) is 0 Å². The maximum absolute atomic E-state index is 5.87. The van der Waals surface area contributed by atoms with Gasteiger partial charge in [0.15, 0.2) is 5.82 Å². The molecule has 0 saturated heterocycles. The summed E-state index contributed by atoms with van der Waals surface area (Å²) in [4.78, 5) is 0. The second-order valence-corrected chi connectivity index (χ2v) is 4.35. The minimum atomic E-state index is 0.395. The highest BCUT2D eigenvalue weighted by Gasteiger charge is 2.15. The minimum absolute atomic E-state index is 0.395. The van der Waals surface area contributed by atoms with E-state index < -0.39 is 0 Å². The summed E-state index contributed by atoms with van der Waals surface area (Å²) in [7, 11) is 0. The van der Waals surface area contributed by atoms with Crippen molar-refractivity contribution in [1.82, 2.24) is 14.8 Å². The monoisotopic (exact) mass is 249 g/mol. The van der Waals surface area contributed by atoms with E-state index in [1.165, 1.54) is 16.7 Å². The molecule has 0 aliphatic rings. The highest BCUT2D eigenvalue weighted by atomic mass is 35.5. The molecule has 1 aromatic heterocycles. The zero-order valence-corrected chi connectivity index (χ0v) is 11.1. The number of hydrogen-bond acceptors (Lipinski definition) is 2. The lowest BCUT2D eigenvalue weighted by Crippen LogP contribution is -2.03. The van der Waals surface area contributed by atoms with E-state index in [1.807, 2.05) is 0 Å². The van der Waals surface area contributed by atoms with Gasteiger partial charge < -0.3 is 4.57 Å². The van der Waals surface area contributed by atoms with E-state index in [9.17, 15) is 0 Å². The summed E-state index contributed by atoms with van der Waals surface area (Å²) in [5.74, 6) is 2.14. The van der Waals surface area contributed by atoms with Gasteiger partial charge in [-0.15, -0.1) is 21.8 Å². The van der Waals surface area contributed by atoms with Gasteiger partial charge in [-0.1, -0.05) is 18.2 Å². The first kappa shape index (κ1) is 12.1. The molecule has 2 aromatic rings. The summed E-state index contributed by atoms with van der Waals surface area (Å²) < 4.78 is 2.07. The van der Waals surface area contributed by atoms with Crippen molar-refractivity contribution in [2.75, 3.05) is 0 Å². The van der Waals surface area contributed by atoms with Gasteiger partial charge in [0.05, 0.1) is 5.88 Å². The van der Waals surface area contributed by atoms with Crippen molar-refractivity contribution < 1.29 is 0 Å². The first-order chi connectivity index (χ1) is 8.19. The van der Waals surface area contributed by atoms with Gasteiger partial charge in [-0.3, -0.25) is 0 Å². The van der Waals surface area contributed by atoms with Crippen LogP contribution in [0.4, 0.5) is 0 Å². The zero-order valence-electron chi connectivity index (χ0n) is 10.4. The normalized spacial score (nSPS) is 10.8. The van der Waals surface area contributed by atoms with Gasteiger partial charge in [0.1, 0.15) is 5.82 Å². The Morgan fingerprint density at radius 1 is 1.18 bits per heavy atom. The predicted octanol–water partition coefficient (Wildman–Crippen LogP) is 3.32. The van der Waals surface area contributed by atoms with Crippen LogP contribution in [0.15, 0.2) is 18.2 Å². The molecule has 0 aliphatic carbocycles. The van der Waals surface area contributed by atoms with Crippen molar-refractivity contribution in [3.63, 3.8) is 0 Å². The molecule has 0 saturated carbocycles. The van der Waals surface area contributed by atoms with E-state index in [4.69, 9.17) is 11.6 Å². The molecule has 4 heteroatoms. The summed E-state index contributed by atoms with van der Waals surface area (Å²) in [6.45, 7) is 7.10. The SMILES string of the molecule is CCn1c(CCl)nnc1-c1c(C)cccc1C. The summed E-state index contributed by atoms with van der Waals surface area (Å²) in [6.07, 6.45) is 0. The molecule has 0 unspecified atom stereocenters. The molecule has 0 bridgehead atoms. The first-order valence-corrected chi connectivity index (χ1v) is 6.27. The fourth-order valence-electron chi connectivity index (χ4n) is 2.12. The maximum Gasteiger partial charge on any atom is 0.164 e. The third-order valence-electron chi connectivity index (χ3n) is 2.97. The molecular formula is C13H16ClN3. The number of halogens is 1. The van der Waals surface area contributed by atoms with Crippen molar-refractivity contribution in [1.29, 1.82) is 0 Å². The lowest BCUT2D eigenvalue weighted by atomic mass is 10.0. The van der Waals surface area contributed by atoms with Gasteiger partial charge in [-0.25, -0.2) is 0 Å². The first-order valence-electron chi connectivity index (χ1n) is 5.73. The van der Waals surface area contributed by atoms with E-state index >= 15 is 0 Å². The van der Waals surface area contributed by atoms with Crippen molar-refractivity contribution in [2.45, 2.75) is 33.2 Å². The molecular weight excluding hydrogens is 234 g/mol. The Hall–Kier alpha value is -1.35. The largest absolute Gasteiger partial charge is 0.310 e. The number of aromatic nitrogens is 3. The summed E-state index contributed by atoms with van der Waals surface area (Å²) in [6, 6.07) is 6.25. The van der Waals surface area contributed by atoms with Crippen LogP contribution >= 0.6 is 11.6 Å². The molecule has 0 aliphatic heterocycles. The van der Waals surface area contributed by atoms with Gasteiger partial charge in [0.2, 0.25) is 0 Å². The quantitative estimate of drug-likeness (QED) is 0.782. The molecule has 0 spiro atoms. The van der Waals surface area contributed by atoms with Crippen LogP contribution in [0.2, 0.25) is 0 Å². The lowest BCUT2D eigenvalue weighted by Gasteiger charge is -2.11. The second kappa shape index (κ2) is 4.88. The summed E-state index contributed by atoms with van der Waals surface area (Å²) in [5.41, 5.74) is 3.60. The van der Waals surface area contributed by atoms with E-state index in [1.54, 1.807) is 0 Å². The van der Waals surface area contributed by atoms with Crippen molar-refractivity contribution in [2.24, 2.45) is 0 Å². The van der Waals surface area contributed by atoms with Crippen molar-refractivity contribution >= 4 is 11.6 Å². The molecule has 1 heterocycles. The molecule has 0 fully saturated rings. The Balaban J connectivity index is 2.64. The lowest BCUT2D eigenvalue weighted by molar-refractivity contribution is 0.730. The second-order valence-electron chi connectivity index (χ2n) is 4.08. The molecule has 2 rings (SSSR count). The van der Waals surface area contributed by atoms with Crippen LogP contribution in [0.3, 0.4) is 0 Å². The number of rotatable bonds is 3. The highest BCUT2D eigenvalue weighted by molar-refractivity contribution is 6.16. The number of hydrogen-bond donors (Lipinski definition) is 0. The third kappa shape index (κ3) is 2.07. The van der Waals surface area contributed by atoms with Gasteiger partial charge >= 0.3 is 0 Å². The number of benzene rings is 1. The van der Waals surface area contributed by atoms with Crippen LogP contribution in [0, 0.1) is 13.8 Å². The molecule has 90 valence electrons. The van der Waals surface area contributed by atoms with E-state index in [-0.39, 0.29) is 0 Å². The molecule has 0 amide bonds. The number of nitrogens with zero attached hydrogens (tertiary/aromatic N) is 3. The van der Waals surface area contributed by atoms with Crippen LogP contribution in [-0.2, 0) is 12.4 Å². The molecule has 1 aromatic carbocycles. The van der Waals surface area contributed by atoms with Crippen molar-refractivity contribution in [3.05, 3.63) is 35.2 Å². The van der Waals surface area contributed by atoms with E-state index in [2.05, 4.69) is 53.7 Å². The molecule has 0 atom stereocenters. The van der Waals surface area contributed by atoms with Gasteiger partial charge in [-0.05, 0) is 31.9 Å². The fourth-order valence-corrected chi connectivity index (χ4v) is 2.32. The third-order valence-corrected chi connectivity index (χ3v) is 3.21. The van der Waals surface area contributed by atoms with E-state index in [0.717, 1.165) is 18.2 Å². The Kier molecular flexibility index (Phi) is 3.48. The van der Waals surface area contributed by atoms with Gasteiger partial charge in [-0.2, -0.15) is 0 Å². The maximum atomic E-state index is 5.87. The van der Waals surface area contributed by atoms with E-state index in [0.29, 0.717) is 5.88 Å². The minimum Gasteiger partial charge on any atom is -0.310 e. The summed E-state index contributed by atoms with van der Waals surface area (Å²) >= 11 is 5.87. The average Bonchev–Trinajstić information content (AvgIpc) is 2.71. The van der Waals surface area contributed by atoms with Crippen LogP contribution < -0.4 is 0 Å².